The Morgan fingerprint density at radius 1 is 1.13 bits per heavy atom. The molecule has 2 fully saturated rings. The molecule has 0 radical (unpaired) electrons. The fourth-order valence-electron chi connectivity index (χ4n) is 3.94. The smallest absolute Gasteiger partial charge is 0.410 e. The van der Waals surface area contributed by atoms with Gasteiger partial charge in [0, 0.05) is 69.9 Å². The summed E-state index contributed by atoms with van der Waals surface area (Å²) in [5.41, 5.74) is 1.76. The molecule has 0 N–H and O–H groups in total. The molecule has 1 aromatic carbocycles. The third kappa shape index (κ3) is 4.92. The van der Waals surface area contributed by atoms with E-state index in [4.69, 9.17) is 9.26 Å². The largest absolute Gasteiger partial charge is 0.444 e. The molecule has 0 unspecified atom stereocenters. The summed E-state index contributed by atoms with van der Waals surface area (Å²) in [6.45, 7) is 14.0. The van der Waals surface area contributed by atoms with E-state index in [2.05, 4.69) is 32.1 Å². The highest BCUT2D eigenvalue weighted by Crippen LogP contribution is 2.27. The number of anilines is 1. The van der Waals surface area contributed by atoms with E-state index in [0.717, 1.165) is 51.4 Å². The number of ether oxygens (including phenoxy) is 1. The second kappa shape index (κ2) is 8.26. The lowest BCUT2D eigenvalue weighted by atomic mass is 9.98. The van der Waals surface area contributed by atoms with Gasteiger partial charge in [-0.05, 0) is 45.0 Å². The number of piperazine rings is 1. The molecule has 1 amide bonds. The zero-order valence-corrected chi connectivity index (χ0v) is 18.3. The fourth-order valence-corrected chi connectivity index (χ4v) is 3.94. The number of benzene rings is 1. The highest BCUT2D eigenvalue weighted by atomic mass is 16.6. The highest BCUT2D eigenvalue weighted by molar-refractivity contribution is 5.68. The van der Waals surface area contributed by atoms with Crippen LogP contribution in [0.15, 0.2) is 28.8 Å². The topological polar surface area (TPSA) is 74.9 Å². The number of aromatic nitrogens is 2. The lowest BCUT2D eigenvalue weighted by Crippen LogP contribution is -2.55. The van der Waals surface area contributed by atoms with Crippen molar-refractivity contribution in [2.45, 2.75) is 33.3 Å². The second-order valence-corrected chi connectivity index (χ2v) is 9.22. The Morgan fingerprint density at radius 3 is 2.37 bits per heavy atom. The van der Waals surface area contributed by atoms with Crippen LogP contribution in [0.5, 0.6) is 0 Å². The average Bonchev–Trinajstić information content (AvgIpc) is 3.10. The van der Waals surface area contributed by atoms with Crippen LogP contribution >= 0.6 is 0 Å². The van der Waals surface area contributed by atoms with Crippen molar-refractivity contribution in [2.24, 2.45) is 5.92 Å². The number of carbonyl (C=O) groups is 1. The molecule has 2 saturated heterocycles. The summed E-state index contributed by atoms with van der Waals surface area (Å²) >= 11 is 0. The van der Waals surface area contributed by atoms with Gasteiger partial charge in [0.15, 0.2) is 0 Å². The standard InChI is InChI=1S/C22H31N5O3/c1-16-23-20(24-30-16)18-5-7-19(8-6-18)27-14-17(15-27)13-25-9-11-26(12-10-25)21(28)29-22(2,3)4/h5-8,17H,9-15H2,1-4H3. The van der Waals surface area contributed by atoms with Crippen LogP contribution in [0.25, 0.3) is 11.4 Å². The molecule has 4 rings (SSSR count). The van der Waals surface area contributed by atoms with Crippen molar-refractivity contribution in [3.05, 3.63) is 30.2 Å². The van der Waals surface area contributed by atoms with Gasteiger partial charge < -0.3 is 19.1 Å². The molecule has 30 heavy (non-hydrogen) atoms. The Balaban J connectivity index is 1.20. The van der Waals surface area contributed by atoms with Gasteiger partial charge in [0.2, 0.25) is 11.7 Å². The van der Waals surface area contributed by atoms with Gasteiger partial charge in [0.25, 0.3) is 0 Å². The zero-order chi connectivity index (χ0) is 21.3. The number of aryl methyl sites for hydroxylation is 1. The lowest BCUT2D eigenvalue weighted by Gasteiger charge is -2.44. The van der Waals surface area contributed by atoms with Gasteiger partial charge in [-0.25, -0.2) is 4.79 Å². The molecule has 3 heterocycles. The summed E-state index contributed by atoms with van der Waals surface area (Å²) in [5, 5.41) is 3.97. The molecule has 0 spiro atoms. The molecule has 1 aromatic heterocycles. The maximum absolute atomic E-state index is 12.2. The Hall–Kier alpha value is -2.61. The van der Waals surface area contributed by atoms with Crippen molar-refractivity contribution < 1.29 is 14.1 Å². The summed E-state index contributed by atoms with van der Waals surface area (Å²) in [6, 6.07) is 8.33. The van der Waals surface area contributed by atoms with E-state index in [-0.39, 0.29) is 6.09 Å². The van der Waals surface area contributed by atoms with E-state index < -0.39 is 5.60 Å². The predicted molar refractivity (Wildman–Crippen MR) is 114 cm³/mol. The normalized spacial score (nSPS) is 18.4. The third-order valence-corrected chi connectivity index (χ3v) is 5.52. The molecule has 162 valence electrons. The van der Waals surface area contributed by atoms with Crippen LogP contribution in [0.4, 0.5) is 10.5 Å². The molecule has 0 bridgehead atoms. The number of hydrogen-bond donors (Lipinski definition) is 0. The van der Waals surface area contributed by atoms with E-state index in [9.17, 15) is 4.79 Å². The summed E-state index contributed by atoms with van der Waals surface area (Å²) in [5.74, 6) is 1.87. The van der Waals surface area contributed by atoms with Gasteiger partial charge in [-0.3, -0.25) is 4.90 Å². The van der Waals surface area contributed by atoms with Crippen LogP contribution in [0.2, 0.25) is 0 Å². The monoisotopic (exact) mass is 413 g/mol. The van der Waals surface area contributed by atoms with E-state index in [1.165, 1.54) is 5.69 Å². The molecule has 0 saturated carbocycles. The van der Waals surface area contributed by atoms with E-state index >= 15 is 0 Å². The lowest BCUT2D eigenvalue weighted by molar-refractivity contribution is 0.0129. The Bertz CT molecular complexity index is 860. The molecule has 8 heteroatoms. The van der Waals surface area contributed by atoms with Gasteiger partial charge in [0.1, 0.15) is 5.60 Å². The molecule has 2 aliphatic rings. The van der Waals surface area contributed by atoms with Crippen molar-refractivity contribution in [2.75, 3.05) is 50.7 Å². The van der Waals surface area contributed by atoms with Gasteiger partial charge in [-0.2, -0.15) is 4.98 Å². The third-order valence-electron chi connectivity index (χ3n) is 5.52. The van der Waals surface area contributed by atoms with Crippen molar-refractivity contribution in [3.8, 4) is 11.4 Å². The SMILES string of the molecule is Cc1nc(-c2ccc(N3CC(CN4CCN(C(=O)OC(C)(C)C)CC4)C3)cc2)no1. The maximum atomic E-state index is 12.2. The highest BCUT2D eigenvalue weighted by Gasteiger charge is 2.31. The molecular weight excluding hydrogens is 382 g/mol. The zero-order valence-electron chi connectivity index (χ0n) is 18.3. The van der Waals surface area contributed by atoms with Gasteiger partial charge in [-0.15, -0.1) is 0 Å². The van der Waals surface area contributed by atoms with Crippen LogP contribution in [-0.2, 0) is 4.74 Å². The molecule has 0 aliphatic carbocycles. The van der Waals surface area contributed by atoms with Crippen LogP contribution in [0.3, 0.4) is 0 Å². The predicted octanol–water partition coefficient (Wildman–Crippen LogP) is 3.03. The number of rotatable bonds is 4. The van der Waals surface area contributed by atoms with E-state index in [1.807, 2.05) is 37.8 Å². The van der Waals surface area contributed by atoms with E-state index in [1.54, 1.807) is 6.92 Å². The minimum Gasteiger partial charge on any atom is -0.444 e. The van der Waals surface area contributed by atoms with Crippen molar-refractivity contribution in [1.29, 1.82) is 0 Å². The summed E-state index contributed by atoms with van der Waals surface area (Å²) < 4.78 is 10.5. The first-order valence-corrected chi connectivity index (χ1v) is 10.6. The Morgan fingerprint density at radius 2 is 1.80 bits per heavy atom. The Kier molecular flexibility index (Phi) is 5.69. The van der Waals surface area contributed by atoms with Crippen LogP contribution in [0.1, 0.15) is 26.7 Å². The quantitative estimate of drug-likeness (QED) is 0.763. The molecule has 0 atom stereocenters. The minimum absolute atomic E-state index is 0.198. The van der Waals surface area contributed by atoms with Gasteiger partial charge >= 0.3 is 6.09 Å². The Labute approximate surface area is 177 Å². The van der Waals surface area contributed by atoms with Gasteiger partial charge in [0.05, 0.1) is 0 Å². The summed E-state index contributed by atoms with van der Waals surface area (Å²) in [6.07, 6.45) is -0.198. The second-order valence-electron chi connectivity index (χ2n) is 9.22. The van der Waals surface area contributed by atoms with Gasteiger partial charge in [-0.1, -0.05) is 5.16 Å². The molecule has 2 aliphatic heterocycles. The number of hydrogen-bond acceptors (Lipinski definition) is 7. The number of amides is 1. The average molecular weight is 414 g/mol. The fraction of sp³-hybridized carbons (Fsp3) is 0.591. The first-order valence-electron chi connectivity index (χ1n) is 10.6. The summed E-state index contributed by atoms with van der Waals surface area (Å²) in [4.78, 5) is 23.1. The first kappa shape index (κ1) is 20.7. The number of nitrogens with zero attached hydrogens (tertiary/aromatic N) is 5. The number of carbonyl (C=O) groups excluding carboxylic acids is 1. The minimum atomic E-state index is -0.438. The maximum Gasteiger partial charge on any atom is 0.410 e. The van der Waals surface area contributed by atoms with E-state index in [0.29, 0.717) is 17.6 Å². The van der Waals surface area contributed by atoms with Crippen LogP contribution < -0.4 is 4.90 Å². The summed E-state index contributed by atoms with van der Waals surface area (Å²) in [7, 11) is 0. The van der Waals surface area contributed by atoms with Crippen molar-refractivity contribution >= 4 is 11.8 Å². The van der Waals surface area contributed by atoms with Crippen LogP contribution in [0, 0.1) is 12.8 Å². The molecular formula is C22H31N5O3. The van der Waals surface area contributed by atoms with Crippen molar-refractivity contribution in [1.82, 2.24) is 19.9 Å². The van der Waals surface area contributed by atoms with Crippen molar-refractivity contribution in [3.63, 3.8) is 0 Å². The first-order chi connectivity index (χ1) is 14.3. The molecule has 2 aromatic rings. The van der Waals surface area contributed by atoms with Crippen LogP contribution in [-0.4, -0.2) is 77.4 Å². The molecule has 8 nitrogen and oxygen atoms in total.